The number of nitrogens with zero attached hydrogens (tertiary/aromatic N) is 1. The predicted molar refractivity (Wildman–Crippen MR) is 81.3 cm³/mol. The molecule has 0 aliphatic heterocycles. The Morgan fingerprint density at radius 1 is 1.14 bits per heavy atom. The van der Waals surface area contributed by atoms with Crippen LogP contribution in [0.4, 0.5) is 0 Å². The van der Waals surface area contributed by atoms with Crippen molar-refractivity contribution >= 4 is 0 Å². The molecule has 0 unspecified atom stereocenters. The van der Waals surface area contributed by atoms with Crippen molar-refractivity contribution in [2.24, 2.45) is 0 Å². The summed E-state index contributed by atoms with van der Waals surface area (Å²) in [7, 11) is 0. The average Bonchev–Trinajstić information content (AvgIpc) is 2.99. The average molecular weight is 290 g/mol. The summed E-state index contributed by atoms with van der Waals surface area (Å²) in [5.74, 6) is 1.59. The molecule has 0 saturated heterocycles. The van der Waals surface area contributed by atoms with E-state index < -0.39 is 0 Å². The molecule has 0 atom stereocenters. The molecule has 0 spiro atoms. The van der Waals surface area contributed by atoms with Gasteiger partial charge in [0.05, 0.1) is 12.3 Å². The van der Waals surface area contributed by atoms with Crippen LogP contribution in [0.25, 0.3) is 11.3 Å². The van der Waals surface area contributed by atoms with Gasteiger partial charge in [-0.05, 0) is 37.7 Å². The predicted octanol–water partition coefficient (Wildman–Crippen LogP) is 2.87. The summed E-state index contributed by atoms with van der Waals surface area (Å²) in [4.78, 5) is 0. The standard InChI is InChI=1S/C16H22N2O3/c1-3-17-12-14-11-16(21-18-14)13-5-7-15(8-6-13)20-10-9-19-4-2/h5-8,11,17H,3-4,9-10,12H2,1-2H3. The summed E-state index contributed by atoms with van der Waals surface area (Å²) in [5.41, 5.74) is 1.89. The highest BCUT2D eigenvalue weighted by Gasteiger charge is 2.06. The van der Waals surface area contributed by atoms with Gasteiger partial charge in [0, 0.05) is 24.8 Å². The van der Waals surface area contributed by atoms with Crippen molar-refractivity contribution < 1.29 is 14.0 Å². The number of aromatic nitrogens is 1. The fourth-order valence-corrected chi connectivity index (χ4v) is 1.86. The zero-order valence-electron chi connectivity index (χ0n) is 12.6. The first-order valence-corrected chi connectivity index (χ1v) is 7.30. The van der Waals surface area contributed by atoms with E-state index in [1.807, 2.05) is 37.3 Å². The van der Waals surface area contributed by atoms with Crippen LogP contribution in [0, 0.1) is 0 Å². The Morgan fingerprint density at radius 2 is 1.95 bits per heavy atom. The minimum atomic E-state index is 0.558. The summed E-state index contributed by atoms with van der Waals surface area (Å²) < 4.78 is 16.2. The molecule has 21 heavy (non-hydrogen) atoms. The van der Waals surface area contributed by atoms with Crippen LogP contribution in [-0.4, -0.2) is 31.5 Å². The van der Waals surface area contributed by atoms with Gasteiger partial charge in [-0.15, -0.1) is 0 Å². The van der Waals surface area contributed by atoms with Crippen LogP contribution in [0.2, 0.25) is 0 Å². The molecule has 0 saturated carbocycles. The Labute approximate surface area is 125 Å². The molecule has 1 aromatic carbocycles. The second-order valence-corrected chi connectivity index (χ2v) is 4.53. The van der Waals surface area contributed by atoms with Gasteiger partial charge < -0.3 is 19.3 Å². The summed E-state index contributed by atoms with van der Waals surface area (Å²) in [5, 5.41) is 7.25. The van der Waals surface area contributed by atoms with Crippen molar-refractivity contribution in [3.05, 3.63) is 36.0 Å². The lowest BCUT2D eigenvalue weighted by Crippen LogP contribution is -2.11. The topological polar surface area (TPSA) is 56.5 Å². The Hall–Kier alpha value is -1.85. The summed E-state index contributed by atoms with van der Waals surface area (Å²) >= 11 is 0. The minimum absolute atomic E-state index is 0.558. The van der Waals surface area contributed by atoms with Crippen molar-refractivity contribution in [1.82, 2.24) is 10.5 Å². The molecule has 0 fully saturated rings. The second kappa shape index (κ2) is 8.44. The van der Waals surface area contributed by atoms with E-state index in [1.165, 1.54) is 0 Å². The quantitative estimate of drug-likeness (QED) is 0.720. The van der Waals surface area contributed by atoms with Gasteiger partial charge in [-0.25, -0.2) is 0 Å². The highest BCUT2D eigenvalue weighted by atomic mass is 16.5. The van der Waals surface area contributed by atoms with Crippen LogP contribution < -0.4 is 10.1 Å². The lowest BCUT2D eigenvalue weighted by molar-refractivity contribution is 0.110. The van der Waals surface area contributed by atoms with Gasteiger partial charge in [-0.2, -0.15) is 0 Å². The van der Waals surface area contributed by atoms with Gasteiger partial charge in [0.1, 0.15) is 12.4 Å². The van der Waals surface area contributed by atoms with E-state index in [0.29, 0.717) is 19.8 Å². The first-order chi connectivity index (χ1) is 10.3. The highest BCUT2D eigenvalue weighted by Crippen LogP contribution is 2.23. The van der Waals surface area contributed by atoms with Crippen molar-refractivity contribution in [1.29, 1.82) is 0 Å². The maximum Gasteiger partial charge on any atom is 0.167 e. The molecule has 0 amide bonds. The molecular formula is C16H22N2O3. The molecule has 1 N–H and O–H groups in total. The molecule has 2 rings (SSSR count). The third kappa shape index (κ3) is 4.88. The van der Waals surface area contributed by atoms with Crippen LogP contribution in [0.5, 0.6) is 5.75 Å². The van der Waals surface area contributed by atoms with Crippen LogP contribution in [-0.2, 0) is 11.3 Å². The number of ether oxygens (including phenoxy) is 2. The Bertz CT molecular complexity index is 523. The SMILES string of the molecule is CCNCc1cc(-c2ccc(OCCOCC)cc2)on1. The molecule has 0 bridgehead atoms. The molecule has 1 heterocycles. The van der Waals surface area contributed by atoms with E-state index in [2.05, 4.69) is 17.4 Å². The Morgan fingerprint density at radius 3 is 2.67 bits per heavy atom. The van der Waals surface area contributed by atoms with E-state index in [9.17, 15) is 0 Å². The lowest BCUT2D eigenvalue weighted by atomic mass is 10.1. The number of hydrogen-bond acceptors (Lipinski definition) is 5. The summed E-state index contributed by atoms with van der Waals surface area (Å²) in [6.45, 7) is 7.54. The number of hydrogen-bond donors (Lipinski definition) is 1. The fourth-order valence-electron chi connectivity index (χ4n) is 1.86. The largest absolute Gasteiger partial charge is 0.491 e. The number of rotatable bonds is 9. The summed E-state index contributed by atoms with van der Waals surface area (Å²) in [6, 6.07) is 9.73. The third-order valence-electron chi connectivity index (χ3n) is 2.95. The van der Waals surface area contributed by atoms with E-state index in [1.54, 1.807) is 0 Å². The van der Waals surface area contributed by atoms with Crippen molar-refractivity contribution in [2.45, 2.75) is 20.4 Å². The smallest absolute Gasteiger partial charge is 0.167 e. The minimum Gasteiger partial charge on any atom is -0.491 e. The monoisotopic (exact) mass is 290 g/mol. The van der Waals surface area contributed by atoms with E-state index in [4.69, 9.17) is 14.0 Å². The first kappa shape index (κ1) is 15.5. The van der Waals surface area contributed by atoms with Gasteiger partial charge in [-0.3, -0.25) is 0 Å². The van der Waals surface area contributed by atoms with Gasteiger partial charge in [0.15, 0.2) is 5.76 Å². The zero-order valence-corrected chi connectivity index (χ0v) is 12.6. The maximum atomic E-state index is 5.58. The van der Waals surface area contributed by atoms with Crippen LogP contribution in [0.1, 0.15) is 19.5 Å². The highest BCUT2D eigenvalue weighted by molar-refractivity contribution is 5.58. The Balaban J connectivity index is 1.90. The maximum absolute atomic E-state index is 5.58. The molecule has 2 aromatic rings. The third-order valence-corrected chi connectivity index (χ3v) is 2.95. The van der Waals surface area contributed by atoms with Gasteiger partial charge >= 0.3 is 0 Å². The number of nitrogens with one attached hydrogen (secondary N) is 1. The molecule has 0 radical (unpaired) electrons. The summed E-state index contributed by atoms with van der Waals surface area (Å²) in [6.07, 6.45) is 0. The van der Waals surface area contributed by atoms with E-state index in [-0.39, 0.29) is 0 Å². The molecule has 1 aromatic heterocycles. The van der Waals surface area contributed by atoms with Crippen molar-refractivity contribution in [3.8, 4) is 17.1 Å². The normalized spacial score (nSPS) is 10.8. The molecular weight excluding hydrogens is 268 g/mol. The fraction of sp³-hybridized carbons (Fsp3) is 0.438. The second-order valence-electron chi connectivity index (χ2n) is 4.53. The van der Waals surface area contributed by atoms with Gasteiger partial charge in [0.2, 0.25) is 0 Å². The van der Waals surface area contributed by atoms with Crippen LogP contribution in [0.3, 0.4) is 0 Å². The van der Waals surface area contributed by atoms with Gasteiger partial charge in [0.25, 0.3) is 0 Å². The van der Waals surface area contributed by atoms with Crippen LogP contribution >= 0.6 is 0 Å². The zero-order chi connectivity index (χ0) is 14.9. The molecule has 5 nitrogen and oxygen atoms in total. The lowest BCUT2D eigenvalue weighted by Gasteiger charge is -2.06. The van der Waals surface area contributed by atoms with Crippen molar-refractivity contribution in [3.63, 3.8) is 0 Å². The molecule has 0 aliphatic rings. The number of benzene rings is 1. The first-order valence-electron chi connectivity index (χ1n) is 7.30. The molecule has 0 aliphatic carbocycles. The van der Waals surface area contributed by atoms with E-state index >= 15 is 0 Å². The van der Waals surface area contributed by atoms with Crippen LogP contribution in [0.15, 0.2) is 34.9 Å². The van der Waals surface area contributed by atoms with E-state index in [0.717, 1.165) is 35.9 Å². The van der Waals surface area contributed by atoms with Crippen molar-refractivity contribution in [2.75, 3.05) is 26.4 Å². The molecule has 5 heteroatoms. The van der Waals surface area contributed by atoms with Gasteiger partial charge in [-0.1, -0.05) is 12.1 Å². The molecule has 114 valence electrons. The Kier molecular flexibility index (Phi) is 6.24.